The number of nitrogens with one attached hydrogen (secondary N) is 1. The van der Waals surface area contributed by atoms with Gasteiger partial charge in [-0.05, 0) is 18.1 Å². The molecule has 1 aliphatic heterocycles. The number of carboxylic acid groups (broad SMARTS) is 1. The second kappa shape index (κ2) is 5.66. The summed E-state index contributed by atoms with van der Waals surface area (Å²) in [4.78, 5) is 24.9. The van der Waals surface area contributed by atoms with E-state index < -0.39 is 24.1 Å². The summed E-state index contributed by atoms with van der Waals surface area (Å²) in [6.07, 6.45) is 6.22. The second-order valence-electron chi connectivity index (χ2n) is 4.63. The zero-order chi connectivity index (χ0) is 14.7. The number of para-hydroxylation sites is 1. The normalized spacial score (nSPS) is 18.0. The number of terminal acetylenes is 1. The second-order valence-corrected chi connectivity index (χ2v) is 4.63. The molecule has 2 rings (SSSR count). The Balaban J connectivity index is 2.29. The number of carboxylic acids is 1. The van der Waals surface area contributed by atoms with Crippen molar-refractivity contribution in [3.05, 3.63) is 29.8 Å². The van der Waals surface area contributed by atoms with E-state index in [0.717, 1.165) is 5.56 Å². The molecule has 0 fully saturated rings. The summed E-state index contributed by atoms with van der Waals surface area (Å²) in [6.45, 7) is 1.86. The maximum Gasteiger partial charge on any atom is 0.327 e. The van der Waals surface area contributed by atoms with E-state index in [1.165, 1.54) is 4.90 Å². The highest BCUT2D eigenvalue weighted by molar-refractivity contribution is 6.01. The lowest BCUT2D eigenvalue weighted by Gasteiger charge is -2.24. The number of hydrogen-bond acceptors (Lipinski definition) is 2. The highest BCUT2D eigenvalue weighted by Gasteiger charge is 2.38. The first-order valence-electron chi connectivity index (χ1n) is 6.45. The molecule has 104 valence electrons. The van der Waals surface area contributed by atoms with E-state index in [4.69, 9.17) is 6.42 Å². The first-order chi connectivity index (χ1) is 9.58. The molecule has 1 heterocycles. The Hall–Kier alpha value is -2.48. The Morgan fingerprint density at radius 1 is 1.55 bits per heavy atom. The van der Waals surface area contributed by atoms with E-state index in [1.807, 2.05) is 19.1 Å². The largest absolute Gasteiger partial charge is 0.480 e. The highest BCUT2D eigenvalue weighted by Crippen LogP contribution is 2.32. The number of benzene rings is 1. The fourth-order valence-electron chi connectivity index (χ4n) is 2.31. The predicted molar refractivity (Wildman–Crippen MR) is 75.5 cm³/mol. The highest BCUT2D eigenvalue weighted by atomic mass is 16.4. The van der Waals surface area contributed by atoms with Crippen LogP contribution in [0.2, 0.25) is 0 Å². The van der Waals surface area contributed by atoms with Gasteiger partial charge in [-0.25, -0.2) is 9.59 Å². The van der Waals surface area contributed by atoms with Crippen molar-refractivity contribution in [2.45, 2.75) is 31.8 Å². The van der Waals surface area contributed by atoms with Crippen molar-refractivity contribution in [1.29, 1.82) is 0 Å². The Bertz CT molecular complexity index is 577. The first-order valence-corrected chi connectivity index (χ1v) is 6.45. The van der Waals surface area contributed by atoms with Crippen LogP contribution in [0.5, 0.6) is 0 Å². The number of anilines is 1. The van der Waals surface area contributed by atoms with Crippen LogP contribution in [0.1, 0.15) is 18.9 Å². The number of aliphatic carboxylic acids is 1. The molecule has 0 saturated heterocycles. The summed E-state index contributed by atoms with van der Waals surface area (Å²) < 4.78 is 0. The number of urea groups is 1. The summed E-state index contributed by atoms with van der Waals surface area (Å²) >= 11 is 0. The summed E-state index contributed by atoms with van der Waals surface area (Å²) in [6, 6.07) is 5.43. The number of amides is 2. The first kappa shape index (κ1) is 13.9. The van der Waals surface area contributed by atoms with E-state index in [0.29, 0.717) is 18.5 Å². The van der Waals surface area contributed by atoms with Gasteiger partial charge in [0.15, 0.2) is 0 Å². The summed E-state index contributed by atoms with van der Waals surface area (Å²) in [5.41, 5.74) is 1.48. The van der Waals surface area contributed by atoms with Crippen LogP contribution in [0.25, 0.3) is 0 Å². The van der Waals surface area contributed by atoms with Crippen LogP contribution in [0.3, 0.4) is 0 Å². The van der Waals surface area contributed by atoms with Gasteiger partial charge in [0, 0.05) is 12.1 Å². The minimum atomic E-state index is -1.02. The molecule has 5 heteroatoms. The Morgan fingerprint density at radius 3 is 2.85 bits per heavy atom. The number of nitrogens with zero attached hydrogens (tertiary/aromatic N) is 1. The van der Waals surface area contributed by atoms with Crippen LogP contribution in [0.15, 0.2) is 24.3 Å². The smallest absolute Gasteiger partial charge is 0.327 e. The fraction of sp³-hybridized carbons (Fsp3) is 0.333. The Kier molecular flexibility index (Phi) is 3.94. The summed E-state index contributed by atoms with van der Waals surface area (Å²) in [5, 5.41) is 12.0. The van der Waals surface area contributed by atoms with Gasteiger partial charge in [0.05, 0.1) is 6.04 Å². The van der Waals surface area contributed by atoms with Gasteiger partial charge in [0.1, 0.15) is 6.04 Å². The third kappa shape index (κ3) is 2.45. The number of hydrogen-bond donors (Lipinski definition) is 2. The molecule has 1 aliphatic rings. The molecular formula is C15H16N2O3. The third-order valence-electron chi connectivity index (χ3n) is 3.39. The standard InChI is InChI=1S/C15H16N2O3/c1-3-11(4-2)16-15(20)17-12-8-6-5-7-10(12)9-13(17)14(18)19/h1,5-8,11,13H,4,9H2,2H3,(H,16,20)(H,18,19)/t11?,13-/m0/s1. The molecule has 0 spiro atoms. The summed E-state index contributed by atoms with van der Waals surface area (Å²) in [7, 11) is 0. The van der Waals surface area contributed by atoms with Gasteiger partial charge in [0.2, 0.25) is 0 Å². The summed E-state index contributed by atoms with van der Waals surface area (Å²) in [5.74, 6) is 1.45. The predicted octanol–water partition coefficient (Wildman–Crippen LogP) is 1.62. The molecular weight excluding hydrogens is 256 g/mol. The van der Waals surface area contributed by atoms with Gasteiger partial charge >= 0.3 is 12.0 Å². The van der Waals surface area contributed by atoms with Crippen LogP contribution < -0.4 is 10.2 Å². The number of carbonyl (C=O) groups is 2. The maximum absolute atomic E-state index is 12.3. The van der Waals surface area contributed by atoms with Crippen LogP contribution in [0.4, 0.5) is 10.5 Å². The van der Waals surface area contributed by atoms with E-state index in [-0.39, 0.29) is 0 Å². The zero-order valence-electron chi connectivity index (χ0n) is 11.2. The van der Waals surface area contributed by atoms with Crippen LogP contribution >= 0.6 is 0 Å². The monoisotopic (exact) mass is 272 g/mol. The molecule has 0 aromatic heterocycles. The minimum absolute atomic E-state index is 0.311. The number of rotatable bonds is 3. The third-order valence-corrected chi connectivity index (χ3v) is 3.39. The van der Waals surface area contributed by atoms with Gasteiger partial charge in [-0.15, -0.1) is 6.42 Å². The number of carbonyl (C=O) groups excluding carboxylic acids is 1. The van der Waals surface area contributed by atoms with Gasteiger partial charge in [-0.3, -0.25) is 4.90 Å². The average Bonchev–Trinajstić information content (AvgIpc) is 2.84. The molecule has 2 atom stereocenters. The molecule has 2 amide bonds. The lowest BCUT2D eigenvalue weighted by molar-refractivity contribution is -0.138. The van der Waals surface area contributed by atoms with Crippen LogP contribution in [-0.2, 0) is 11.2 Å². The molecule has 20 heavy (non-hydrogen) atoms. The van der Waals surface area contributed by atoms with Crippen molar-refractivity contribution in [3.63, 3.8) is 0 Å². The molecule has 1 aromatic carbocycles. The minimum Gasteiger partial charge on any atom is -0.480 e. The maximum atomic E-state index is 12.3. The molecule has 0 aliphatic carbocycles. The Morgan fingerprint density at radius 2 is 2.25 bits per heavy atom. The molecule has 2 N–H and O–H groups in total. The quantitative estimate of drug-likeness (QED) is 0.822. The number of fused-ring (bicyclic) bond motifs is 1. The Labute approximate surface area is 117 Å². The molecule has 5 nitrogen and oxygen atoms in total. The molecule has 1 aromatic rings. The van der Waals surface area contributed by atoms with Gasteiger partial charge in [0.25, 0.3) is 0 Å². The molecule has 0 radical (unpaired) electrons. The van der Waals surface area contributed by atoms with Crippen LogP contribution in [0, 0.1) is 12.3 Å². The van der Waals surface area contributed by atoms with Crippen molar-refractivity contribution in [2.24, 2.45) is 0 Å². The van der Waals surface area contributed by atoms with Gasteiger partial charge < -0.3 is 10.4 Å². The average molecular weight is 272 g/mol. The van der Waals surface area contributed by atoms with E-state index in [1.54, 1.807) is 12.1 Å². The van der Waals surface area contributed by atoms with Crippen LogP contribution in [-0.4, -0.2) is 29.2 Å². The molecule has 0 bridgehead atoms. The molecule has 0 saturated carbocycles. The van der Waals surface area contributed by atoms with Crippen molar-refractivity contribution in [3.8, 4) is 12.3 Å². The van der Waals surface area contributed by atoms with Crippen molar-refractivity contribution in [2.75, 3.05) is 4.90 Å². The van der Waals surface area contributed by atoms with Gasteiger partial charge in [-0.1, -0.05) is 31.0 Å². The topological polar surface area (TPSA) is 69.6 Å². The zero-order valence-corrected chi connectivity index (χ0v) is 11.2. The van der Waals surface area contributed by atoms with E-state index >= 15 is 0 Å². The van der Waals surface area contributed by atoms with Crippen molar-refractivity contribution < 1.29 is 14.7 Å². The van der Waals surface area contributed by atoms with E-state index in [9.17, 15) is 14.7 Å². The van der Waals surface area contributed by atoms with Gasteiger partial charge in [-0.2, -0.15) is 0 Å². The molecule has 1 unspecified atom stereocenters. The van der Waals surface area contributed by atoms with Crippen molar-refractivity contribution >= 4 is 17.7 Å². The lowest BCUT2D eigenvalue weighted by atomic mass is 10.1. The van der Waals surface area contributed by atoms with E-state index in [2.05, 4.69) is 11.2 Å². The van der Waals surface area contributed by atoms with Crippen molar-refractivity contribution in [1.82, 2.24) is 5.32 Å². The lowest BCUT2D eigenvalue weighted by Crippen LogP contribution is -2.50. The fourth-order valence-corrected chi connectivity index (χ4v) is 2.31. The SMILES string of the molecule is C#CC(CC)NC(=O)N1c2ccccc2C[C@H]1C(=O)O.